The predicted octanol–water partition coefficient (Wildman–Crippen LogP) is 2.28. The quantitative estimate of drug-likeness (QED) is 0.750. The summed E-state index contributed by atoms with van der Waals surface area (Å²) in [6.45, 7) is 4.49. The number of aryl methyl sites for hydroxylation is 2. The SMILES string of the molecule is Cc1cc(CCCCN)cc(C(=O)O)c1C. The summed E-state index contributed by atoms with van der Waals surface area (Å²) in [4.78, 5) is 11.0. The molecule has 0 radical (unpaired) electrons. The summed E-state index contributed by atoms with van der Waals surface area (Å²) in [6.07, 6.45) is 2.89. The molecule has 16 heavy (non-hydrogen) atoms. The molecule has 88 valence electrons. The van der Waals surface area contributed by atoms with E-state index in [9.17, 15) is 4.79 Å². The minimum atomic E-state index is -0.846. The Morgan fingerprint density at radius 3 is 2.56 bits per heavy atom. The maximum Gasteiger partial charge on any atom is 0.335 e. The van der Waals surface area contributed by atoms with Gasteiger partial charge in [-0.3, -0.25) is 0 Å². The Balaban J connectivity index is 2.91. The number of hydrogen-bond acceptors (Lipinski definition) is 2. The van der Waals surface area contributed by atoms with Crippen LogP contribution in [-0.4, -0.2) is 17.6 Å². The van der Waals surface area contributed by atoms with Crippen LogP contribution in [0.25, 0.3) is 0 Å². The van der Waals surface area contributed by atoms with E-state index in [1.54, 1.807) is 6.07 Å². The van der Waals surface area contributed by atoms with Crippen LogP contribution in [0, 0.1) is 13.8 Å². The lowest BCUT2D eigenvalue weighted by Gasteiger charge is -2.09. The molecule has 0 fully saturated rings. The second kappa shape index (κ2) is 5.66. The van der Waals surface area contributed by atoms with Crippen molar-refractivity contribution >= 4 is 5.97 Å². The third kappa shape index (κ3) is 3.07. The molecular weight excluding hydrogens is 202 g/mol. The Hall–Kier alpha value is -1.35. The van der Waals surface area contributed by atoms with Gasteiger partial charge in [0.15, 0.2) is 0 Å². The van der Waals surface area contributed by atoms with Gasteiger partial charge in [-0.15, -0.1) is 0 Å². The molecule has 3 N–H and O–H groups in total. The fourth-order valence-corrected chi connectivity index (χ4v) is 1.77. The standard InChI is InChI=1S/C13H19NO2/c1-9-7-11(5-3-4-6-14)8-12(10(9)2)13(15)16/h7-8H,3-6,14H2,1-2H3,(H,15,16). The van der Waals surface area contributed by atoms with Crippen molar-refractivity contribution in [2.24, 2.45) is 5.73 Å². The van der Waals surface area contributed by atoms with E-state index in [1.165, 1.54) is 0 Å². The van der Waals surface area contributed by atoms with Crippen molar-refractivity contribution in [1.82, 2.24) is 0 Å². The highest BCUT2D eigenvalue weighted by Gasteiger charge is 2.10. The monoisotopic (exact) mass is 221 g/mol. The Morgan fingerprint density at radius 2 is 2.00 bits per heavy atom. The molecule has 0 bridgehead atoms. The molecule has 0 saturated heterocycles. The van der Waals surface area contributed by atoms with Gasteiger partial charge >= 0.3 is 5.97 Å². The van der Waals surface area contributed by atoms with E-state index in [0.717, 1.165) is 36.0 Å². The van der Waals surface area contributed by atoms with Crippen LogP contribution in [0.1, 0.15) is 39.9 Å². The van der Waals surface area contributed by atoms with Crippen molar-refractivity contribution in [2.45, 2.75) is 33.1 Å². The zero-order chi connectivity index (χ0) is 12.1. The van der Waals surface area contributed by atoms with E-state index in [2.05, 4.69) is 6.07 Å². The molecule has 1 aromatic carbocycles. The lowest BCUT2D eigenvalue weighted by molar-refractivity contribution is 0.0696. The lowest BCUT2D eigenvalue weighted by atomic mass is 9.97. The van der Waals surface area contributed by atoms with Gasteiger partial charge in [0.2, 0.25) is 0 Å². The second-order valence-corrected chi connectivity index (χ2v) is 4.14. The van der Waals surface area contributed by atoms with Gasteiger partial charge in [0, 0.05) is 0 Å². The van der Waals surface area contributed by atoms with Gasteiger partial charge in [-0.25, -0.2) is 4.79 Å². The summed E-state index contributed by atoms with van der Waals surface area (Å²) >= 11 is 0. The first kappa shape index (κ1) is 12.7. The summed E-state index contributed by atoms with van der Waals surface area (Å²) in [5.74, 6) is -0.846. The van der Waals surface area contributed by atoms with E-state index in [4.69, 9.17) is 10.8 Å². The van der Waals surface area contributed by atoms with Crippen LogP contribution >= 0.6 is 0 Å². The van der Waals surface area contributed by atoms with Gasteiger partial charge in [0.25, 0.3) is 0 Å². The number of carboxylic acid groups (broad SMARTS) is 1. The minimum absolute atomic E-state index is 0.419. The van der Waals surface area contributed by atoms with Crippen LogP contribution in [-0.2, 0) is 6.42 Å². The smallest absolute Gasteiger partial charge is 0.335 e. The first-order valence-corrected chi connectivity index (χ1v) is 5.59. The molecule has 0 aliphatic heterocycles. The Kier molecular flexibility index (Phi) is 4.50. The number of carboxylic acids is 1. The van der Waals surface area contributed by atoms with E-state index < -0.39 is 5.97 Å². The Labute approximate surface area is 96.3 Å². The maximum absolute atomic E-state index is 11.0. The molecule has 1 rings (SSSR count). The van der Waals surface area contributed by atoms with Gasteiger partial charge in [-0.2, -0.15) is 0 Å². The minimum Gasteiger partial charge on any atom is -0.478 e. The van der Waals surface area contributed by atoms with Crippen molar-refractivity contribution in [2.75, 3.05) is 6.54 Å². The van der Waals surface area contributed by atoms with E-state index >= 15 is 0 Å². The molecule has 3 nitrogen and oxygen atoms in total. The van der Waals surface area contributed by atoms with Gasteiger partial charge in [-0.05, 0) is 62.4 Å². The second-order valence-electron chi connectivity index (χ2n) is 4.14. The zero-order valence-electron chi connectivity index (χ0n) is 9.92. The largest absolute Gasteiger partial charge is 0.478 e. The highest BCUT2D eigenvalue weighted by Crippen LogP contribution is 2.18. The van der Waals surface area contributed by atoms with Crippen molar-refractivity contribution < 1.29 is 9.90 Å². The summed E-state index contributed by atoms with van der Waals surface area (Å²) < 4.78 is 0. The van der Waals surface area contributed by atoms with Crippen LogP contribution in [0.15, 0.2) is 12.1 Å². The van der Waals surface area contributed by atoms with Crippen molar-refractivity contribution in [1.29, 1.82) is 0 Å². The van der Waals surface area contributed by atoms with Crippen LogP contribution in [0.4, 0.5) is 0 Å². The Bertz CT molecular complexity index is 386. The average Bonchev–Trinajstić information content (AvgIpc) is 2.23. The molecule has 0 atom stereocenters. The van der Waals surface area contributed by atoms with Crippen molar-refractivity contribution in [3.8, 4) is 0 Å². The lowest BCUT2D eigenvalue weighted by Crippen LogP contribution is -2.04. The third-order valence-corrected chi connectivity index (χ3v) is 2.88. The van der Waals surface area contributed by atoms with Gasteiger partial charge in [-0.1, -0.05) is 6.07 Å². The molecule has 0 amide bonds. The van der Waals surface area contributed by atoms with Crippen LogP contribution in [0.2, 0.25) is 0 Å². The van der Waals surface area contributed by atoms with Crippen LogP contribution in [0.3, 0.4) is 0 Å². The molecule has 0 aromatic heterocycles. The van der Waals surface area contributed by atoms with Crippen molar-refractivity contribution in [3.63, 3.8) is 0 Å². The summed E-state index contributed by atoms with van der Waals surface area (Å²) in [7, 11) is 0. The van der Waals surface area contributed by atoms with Crippen LogP contribution in [0.5, 0.6) is 0 Å². The number of rotatable bonds is 5. The average molecular weight is 221 g/mol. The highest BCUT2D eigenvalue weighted by atomic mass is 16.4. The van der Waals surface area contributed by atoms with E-state index in [-0.39, 0.29) is 0 Å². The maximum atomic E-state index is 11.0. The fraction of sp³-hybridized carbons (Fsp3) is 0.462. The first-order valence-electron chi connectivity index (χ1n) is 5.59. The topological polar surface area (TPSA) is 63.3 Å². The van der Waals surface area contributed by atoms with Gasteiger partial charge in [0.1, 0.15) is 0 Å². The molecule has 0 saturated carbocycles. The summed E-state index contributed by atoms with van der Waals surface area (Å²) in [5.41, 5.74) is 8.84. The van der Waals surface area contributed by atoms with E-state index in [0.29, 0.717) is 12.1 Å². The summed E-state index contributed by atoms with van der Waals surface area (Å²) in [5, 5.41) is 9.07. The normalized spacial score (nSPS) is 10.4. The number of aromatic carboxylic acids is 1. The molecule has 1 aromatic rings. The van der Waals surface area contributed by atoms with Crippen molar-refractivity contribution in [3.05, 3.63) is 34.4 Å². The number of hydrogen-bond donors (Lipinski definition) is 2. The first-order chi connectivity index (χ1) is 7.56. The van der Waals surface area contributed by atoms with E-state index in [1.807, 2.05) is 13.8 Å². The fourth-order valence-electron chi connectivity index (χ4n) is 1.77. The number of carbonyl (C=O) groups is 1. The molecule has 3 heteroatoms. The van der Waals surface area contributed by atoms with Crippen LogP contribution < -0.4 is 5.73 Å². The Morgan fingerprint density at radius 1 is 1.31 bits per heavy atom. The number of unbranched alkanes of at least 4 members (excludes halogenated alkanes) is 1. The molecular formula is C13H19NO2. The predicted molar refractivity (Wildman–Crippen MR) is 64.9 cm³/mol. The number of nitrogens with two attached hydrogens (primary N) is 1. The molecule has 0 aliphatic carbocycles. The highest BCUT2D eigenvalue weighted by molar-refractivity contribution is 5.90. The zero-order valence-corrected chi connectivity index (χ0v) is 9.92. The molecule has 0 spiro atoms. The number of benzene rings is 1. The third-order valence-electron chi connectivity index (χ3n) is 2.88. The summed E-state index contributed by atoms with van der Waals surface area (Å²) in [6, 6.07) is 3.85. The molecule has 0 aliphatic rings. The van der Waals surface area contributed by atoms with Gasteiger partial charge < -0.3 is 10.8 Å². The molecule has 0 unspecified atom stereocenters. The molecule has 0 heterocycles. The van der Waals surface area contributed by atoms with Gasteiger partial charge in [0.05, 0.1) is 5.56 Å².